The second kappa shape index (κ2) is 6.59. The molecule has 5 nitrogen and oxygen atoms in total. The van der Waals surface area contributed by atoms with E-state index in [4.69, 9.17) is 9.47 Å². The van der Waals surface area contributed by atoms with Gasteiger partial charge >= 0.3 is 0 Å². The minimum atomic E-state index is -1.11. The Hall–Kier alpha value is -1.21. The van der Waals surface area contributed by atoms with Crippen LogP contribution in [0.15, 0.2) is 18.2 Å². The van der Waals surface area contributed by atoms with Gasteiger partial charge < -0.3 is 19.7 Å². The molecule has 24 heavy (non-hydrogen) atoms. The predicted octanol–water partition coefficient (Wildman–Crippen LogP) is 1.70. The van der Waals surface area contributed by atoms with E-state index in [-0.39, 0.29) is 5.82 Å². The number of piperidine rings is 1. The summed E-state index contributed by atoms with van der Waals surface area (Å²) in [5.41, 5.74) is -1.20. The number of ether oxygens (including phenoxy) is 2. The maximum absolute atomic E-state index is 14.0. The zero-order chi connectivity index (χ0) is 17.4. The summed E-state index contributed by atoms with van der Waals surface area (Å²) in [6.07, 6.45) is 0.787. The van der Waals surface area contributed by atoms with E-state index >= 15 is 0 Å². The third-order valence-electron chi connectivity index (χ3n) is 5.43. The molecule has 1 spiro atoms. The summed E-state index contributed by atoms with van der Waals surface area (Å²) in [5.74, 6) is 0.398. The van der Waals surface area contributed by atoms with Crippen molar-refractivity contribution in [2.75, 3.05) is 26.8 Å². The zero-order valence-corrected chi connectivity index (χ0v) is 14.3. The van der Waals surface area contributed by atoms with Gasteiger partial charge in [-0.25, -0.2) is 4.39 Å². The highest BCUT2D eigenvalue weighted by molar-refractivity contribution is 5.29. The Morgan fingerprint density at radius 3 is 2.71 bits per heavy atom. The van der Waals surface area contributed by atoms with Gasteiger partial charge in [0, 0.05) is 31.6 Å². The Morgan fingerprint density at radius 2 is 2.04 bits per heavy atom. The second-order valence-electron chi connectivity index (χ2n) is 7.16. The molecule has 6 heteroatoms. The van der Waals surface area contributed by atoms with Crippen LogP contribution in [-0.4, -0.2) is 59.2 Å². The van der Waals surface area contributed by atoms with E-state index in [0.717, 1.165) is 0 Å². The SMILES string of the molecule is COc1ccc(F)c(CN2CCC3(CC2)OCC[C@@](C)(O)[C@@H]3O)c1. The lowest BCUT2D eigenvalue weighted by molar-refractivity contribution is -0.246. The van der Waals surface area contributed by atoms with Crippen LogP contribution < -0.4 is 4.74 Å². The van der Waals surface area contributed by atoms with Gasteiger partial charge in [0.2, 0.25) is 0 Å². The first kappa shape index (κ1) is 17.6. The Kier molecular flexibility index (Phi) is 4.84. The molecule has 0 radical (unpaired) electrons. The highest BCUT2D eigenvalue weighted by Gasteiger charge is 2.52. The van der Waals surface area contributed by atoms with E-state index < -0.39 is 17.3 Å². The smallest absolute Gasteiger partial charge is 0.127 e. The molecule has 1 aromatic carbocycles. The van der Waals surface area contributed by atoms with E-state index in [1.165, 1.54) is 6.07 Å². The maximum Gasteiger partial charge on any atom is 0.127 e. The number of aliphatic hydroxyl groups excluding tert-OH is 1. The summed E-state index contributed by atoms with van der Waals surface area (Å²) in [6, 6.07) is 4.75. The third kappa shape index (κ3) is 3.28. The van der Waals surface area contributed by atoms with Crippen LogP contribution in [0.5, 0.6) is 5.75 Å². The summed E-state index contributed by atoms with van der Waals surface area (Å²) in [4.78, 5) is 2.14. The van der Waals surface area contributed by atoms with E-state index in [1.807, 2.05) is 0 Å². The molecule has 2 N–H and O–H groups in total. The average Bonchev–Trinajstić information content (AvgIpc) is 2.56. The average molecular weight is 339 g/mol. The molecule has 0 amide bonds. The van der Waals surface area contributed by atoms with Crippen molar-refractivity contribution in [3.8, 4) is 5.75 Å². The van der Waals surface area contributed by atoms with Crippen molar-refractivity contribution in [3.63, 3.8) is 0 Å². The molecule has 2 fully saturated rings. The first-order valence-electron chi connectivity index (χ1n) is 8.45. The fraction of sp³-hybridized carbons (Fsp3) is 0.667. The summed E-state index contributed by atoms with van der Waals surface area (Å²) < 4.78 is 25.0. The molecule has 0 unspecified atom stereocenters. The molecule has 2 saturated heterocycles. The second-order valence-corrected chi connectivity index (χ2v) is 7.16. The standard InChI is InChI=1S/C18H26FNO4/c1-17(22)7-10-24-18(16(17)21)5-8-20(9-6-18)12-13-11-14(23-2)3-4-15(13)19/h3-4,11,16,21-22H,5-10,12H2,1-2H3/t16-,17+/m0/s1. The molecule has 3 rings (SSSR count). The fourth-order valence-corrected chi connectivity index (χ4v) is 3.79. The number of nitrogens with zero attached hydrogens (tertiary/aromatic N) is 1. The van der Waals surface area contributed by atoms with Crippen LogP contribution in [0.3, 0.4) is 0 Å². The third-order valence-corrected chi connectivity index (χ3v) is 5.43. The van der Waals surface area contributed by atoms with Gasteiger partial charge in [0.05, 0.1) is 24.9 Å². The molecule has 2 heterocycles. The Labute approximate surface area is 142 Å². The van der Waals surface area contributed by atoms with Gasteiger partial charge in [-0.05, 0) is 38.0 Å². The maximum atomic E-state index is 14.0. The summed E-state index contributed by atoms with van der Waals surface area (Å²) in [5, 5.41) is 20.9. The van der Waals surface area contributed by atoms with Crippen LogP contribution in [0.1, 0.15) is 31.7 Å². The zero-order valence-electron chi connectivity index (χ0n) is 14.3. The highest BCUT2D eigenvalue weighted by atomic mass is 19.1. The lowest BCUT2D eigenvalue weighted by Gasteiger charge is -2.51. The van der Waals surface area contributed by atoms with Gasteiger partial charge in [0.15, 0.2) is 0 Å². The van der Waals surface area contributed by atoms with E-state index in [1.54, 1.807) is 26.2 Å². The van der Waals surface area contributed by atoms with Crippen molar-refractivity contribution in [2.45, 2.75) is 50.0 Å². The molecule has 0 aromatic heterocycles. The van der Waals surface area contributed by atoms with Gasteiger partial charge in [-0.2, -0.15) is 0 Å². The molecule has 0 aliphatic carbocycles. The van der Waals surface area contributed by atoms with Gasteiger partial charge in [0.25, 0.3) is 0 Å². The first-order chi connectivity index (χ1) is 11.4. The lowest BCUT2D eigenvalue weighted by atomic mass is 9.75. The van der Waals surface area contributed by atoms with Crippen LogP contribution in [-0.2, 0) is 11.3 Å². The number of rotatable bonds is 3. The fourth-order valence-electron chi connectivity index (χ4n) is 3.79. The number of methoxy groups -OCH3 is 1. The quantitative estimate of drug-likeness (QED) is 0.878. The van der Waals surface area contributed by atoms with Crippen LogP contribution in [0.25, 0.3) is 0 Å². The molecular formula is C18H26FNO4. The Bertz CT molecular complexity index is 584. The number of likely N-dealkylation sites (tertiary alicyclic amines) is 1. The molecule has 0 bridgehead atoms. The lowest BCUT2D eigenvalue weighted by Crippen LogP contribution is -2.64. The van der Waals surface area contributed by atoms with Crippen molar-refractivity contribution < 1.29 is 24.1 Å². The number of hydrogen-bond acceptors (Lipinski definition) is 5. The molecule has 0 saturated carbocycles. The van der Waals surface area contributed by atoms with Crippen molar-refractivity contribution in [1.82, 2.24) is 4.90 Å². The van der Waals surface area contributed by atoms with Crippen molar-refractivity contribution in [2.24, 2.45) is 0 Å². The summed E-state index contributed by atoms with van der Waals surface area (Å²) >= 11 is 0. The van der Waals surface area contributed by atoms with E-state index in [2.05, 4.69) is 4.90 Å². The van der Waals surface area contributed by atoms with Crippen molar-refractivity contribution >= 4 is 0 Å². The molecule has 2 aliphatic heterocycles. The monoisotopic (exact) mass is 339 g/mol. The Morgan fingerprint density at radius 1 is 1.33 bits per heavy atom. The van der Waals surface area contributed by atoms with Gasteiger partial charge in [-0.3, -0.25) is 4.90 Å². The molecule has 2 atom stereocenters. The van der Waals surface area contributed by atoms with Crippen molar-refractivity contribution in [3.05, 3.63) is 29.6 Å². The molecular weight excluding hydrogens is 313 g/mol. The van der Waals surface area contributed by atoms with Crippen LogP contribution >= 0.6 is 0 Å². The number of aliphatic hydroxyl groups is 2. The highest BCUT2D eigenvalue weighted by Crippen LogP contribution is 2.40. The van der Waals surface area contributed by atoms with E-state index in [9.17, 15) is 14.6 Å². The van der Waals surface area contributed by atoms with Crippen molar-refractivity contribution in [1.29, 1.82) is 0 Å². The number of benzene rings is 1. The number of hydrogen-bond donors (Lipinski definition) is 2. The topological polar surface area (TPSA) is 62.2 Å². The molecule has 134 valence electrons. The van der Waals surface area contributed by atoms with Crippen LogP contribution in [0.4, 0.5) is 4.39 Å². The molecule has 1 aromatic rings. The van der Waals surface area contributed by atoms with Crippen LogP contribution in [0.2, 0.25) is 0 Å². The van der Waals surface area contributed by atoms with Crippen LogP contribution in [0, 0.1) is 5.82 Å². The summed E-state index contributed by atoms with van der Waals surface area (Å²) in [6.45, 7) is 3.98. The predicted molar refractivity (Wildman–Crippen MR) is 87.4 cm³/mol. The minimum Gasteiger partial charge on any atom is -0.497 e. The summed E-state index contributed by atoms with van der Waals surface area (Å²) in [7, 11) is 1.56. The van der Waals surface area contributed by atoms with Gasteiger partial charge in [-0.1, -0.05) is 0 Å². The van der Waals surface area contributed by atoms with E-state index in [0.29, 0.717) is 56.8 Å². The largest absolute Gasteiger partial charge is 0.497 e. The normalized spacial score (nSPS) is 30.5. The molecule has 2 aliphatic rings. The number of halogens is 1. The minimum absolute atomic E-state index is 0.243. The van der Waals surface area contributed by atoms with Gasteiger partial charge in [0.1, 0.15) is 17.7 Å². The van der Waals surface area contributed by atoms with Gasteiger partial charge in [-0.15, -0.1) is 0 Å². The first-order valence-corrected chi connectivity index (χ1v) is 8.45. The Balaban J connectivity index is 1.65.